The van der Waals surface area contributed by atoms with E-state index in [4.69, 9.17) is 4.74 Å². The van der Waals surface area contributed by atoms with E-state index >= 15 is 0 Å². The van der Waals surface area contributed by atoms with Crippen molar-refractivity contribution in [2.75, 3.05) is 20.3 Å². The van der Waals surface area contributed by atoms with Gasteiger partial charge in [-0.15, -0.1) is 0 Å². The van der Waals surface area contributed by atoms with Crippen molar-refractivity contribution in [3.05, 3.63) is 34.1 Å². The Morgan fingerprint density at radius 3 is 2.65 bits per heavy atom. The Labute approximate surface area is 111 Å². The Morgan fingerprint density at radius 1 is 1.41 bits per heavy atom. The van der Waals surface area contributed by atoms with Crippen molar-refractivity contribution >= 4 is 15.9 Å². The molecule has 0 aliphatic carbocycles. The van der Waals surface area contributed by atoms with E-state index in [1.807, 2.05) is 12.1 Å². The average molecular weight is 304 g/mol. The third-order valence-electron chi connectivity index (χ3n) is 2.68. The second-order valence-electron chi connectivity index (χ2n) is 4.31. The Kier molecular flexibility index (Phi) is 6.09. The van der Waals surface area contributed by atoms with Crippen LogP contribution in [0, 0.1) is 5.82 Å². The quantitative estimate of drug-likeness (QED) is 0.798. The van der Waals surface area contributed by atoms with Crippen LogP contribution in [0.2, 0.25) is 0 Å². The van der Waals surface area contributed by atoms with Gasteiger partial charge in [0.25, 0.3) is 0 Å². The number of nitrogens with zero attached hydrogens (tertiary/aromatic N) is 1. The van der Waals surface area contributed by atoms with Crippen LogP contribution in [0.25, 0.3) is 0 Å². The molecular formula is C13H19BrFNO. The zero-order valence-corrected chi connectivity index (χ0v) is 12.1. The van der Waals surface area contributed by atoms with Crippen LogP contribution in [-0.4, -0.2) is 31.2 Å². The first-order chi connectivity index (χ1) is 8.04. The normalized spacial score (nSPS) is 11.5. The third-order valence-corrected chi connectivity index (χ3v) is 3.29. The fourth-order valence-electron chi connectivity index (χ4n) is 1.60. The predicted molar refractivity (Wildman–Crippen MR) is 71.5 cm³/mol. The maximum Gasteiger partial charge on any atom is 0.137 e. The molecule has 2 nitrogen and oxygen atoms in total. The number of ether oxygens (including phenoxy) is 1. The molecule has 96 valence electrons. The first-order valence-corrected chi connectivity index (χ1v) is 6.50. The van der Waals surface area contributed by atoms with Crippen molar-refractivity contribution in [3.63, 3.8) is 0 Å². The minimum Gasteiger partial charge on any atom is -0.383 e. The van der Waals surface area contributed by atoms with Crippen LogP contribution in [0.1, 0.15) is 19.4 Å². The molecule has 0 saturated carbocycles. The SMILES string of the molecule is COCCN(Cc1ccc(F)c(Br)c1)C(C)C. The van der Waals surface area contributed by atoms with E-state index in [1.165, 1.54) is 6.07 Å². The van der Waals surface area contributed by atoms with Gasteiger partial charge in [-0.3, -0.25) is 4.90 Å². The molecule has 1 aromatic carbocycles. The molecule has 1 aromatic rings. The second kappa shape index (κ2) is 7.09. The Morgan fingerprint density at radius 2 is 2.12 bits per heavy atom. The Bertz CT molecular complexity index is 357. The maximum atomic E-state index is 13.1. The van der Waals surface area contributed by atoms with Crippen molar-refractivity contribution in [1.82, 2.24) is 4.90 Å². The van der Waals surface area contributed by atoms with Crippen LogP contribution in [0.4, 0.5) is 4.39 Å². The molecule has 0 heterocycles. The number of hydrogen-bond acceptors (Lipinski definition) is 2. The number of rotatable bonds is 6. The van der Waals surface area contributed by atoms with Gasteiger partial charge in [0.1, 0.15) is 5.82 Å². The summed E-state index contributed by atoms with van der Waals surface area (Å²) in [5, 5.41) is 0. The summed E-state index contributed by atoms with van der Waals surface area (Å²) >= 11 is 3.21. The summed E-state index contributed by atoms with van der Waals surface area (Å²) in [7, 11) is 1.70. The lowest BCUT2D eigenvalue weighted by atomic mass is 10.2. The molecule has 0 saturated heterocycles. The fraction of sp³-hybridized carbons (Fsp3) is 0.538. The minimum absolute atomic E-state index is 0.221. The second-order valence-corrected chi connectivity index (χ2v) is 5.16. The molecule has 1 rings (SSSR count). The minimum atomic E-state index is -0.221. The molecule has 0 aromatic heterocycles. The molecule has 17 heavy (non-hydrogen) atoms. The number of hydrogen-bond donors (Lipinski definition) is 0. The van der Waals surface area contributed by atoms with Crippen molar-refractivity contribution in [3.8, 4) is 0 Å². The van der Waals surface area contributed by atoms with E-state index in [2.05, 4.69) is 34.7 Å². The van der Waals surface area contributed by atoms with Crippen LogP contribution >= 0.6 is 15.9 Å². The molecule has 0 amide bonds. The number of halogens is 2. The van der Waals surface area contributed by atoms with Gasteiger partial charge in [0.15, 0.2) is 0 Å². The molecule has 0 spiro atoms. The lowest BCUT2D eigenvalue weighted by Crippen LogP contribution is -2.33. The van der Waals surface area contributed by atoms with Crippen LogP contribution < -0.4 is 0 Å². The van der Waals surface area contributed by atoms with Crippen molar-refractivity contribution in [1.29, 1.82) is 0 Å². The molecule has 0 fully saturated rings. The van der Waals surface area contributed by atoms with Crippen LogP contribution in [0.3, 0.4) is 0 Å². The van der Waals surface area contributed by atoms with Crippen molar-refractivity contribution in [2.24, 2.45) is 0 Å². The summed E-state index contributed by atoms with van der Waals surface area (Å²) in [5.74, 6) is -0.221. The monoisotopic (exact) mass is 303 g/mol. The van der Waals surface area contributed by atoms with Gasteiger partial charge in [0.2, 0.25) is 0 Å². The molecular weight excluding hydrogens is 285 g/mol. The predicted octanol–water partition coefficient (Wildman–Crippen LogP) is 3.45. The zero-order valence-electron chi connectivity index (χ0n) is 10.5. The van der Waals surface area contributed by atoms with E-state index in [1.54, 1.807) is 7.11 Å². The highest BCUT2D eigenvalue weighted by Gasteiger charge is 2.10. The molecule has 4 heteroatoms. The smallest absolute Gasteiger partial charge is 0.137 e. The Balaban J connectivity index is 2.68. The van der Waals surface area contributed by atoms with Crippen LogP contribution in [0.5, 0.6) is 0 Å². The summed E-state index contributed by atoms with van der Waals surface area (Å²) in [6, 6.07) is 5.59. The molecule has 0 atom stereocenters. The summed E-state index contributed by atoms with van der Waals surface area (Å²) in [4.78, 5) is 2.29. The van der Waals surface area contributed by atoms with Crippen LogP contribution in [0.15, 0.2) is 22.7 Å². The van der Waals surface area contributed by atoms with Gasteiger partial charge in [-0.2, -0.15) is 0 Å². The lowest BCUT2D eigenvalue weighted by Gasteiger charge is -2.26. The fourth-order valence-corrected chi connectivity index (χ4v) is 2.03. The molecule has 0 bridgehead atoms. The van der Waals surface area contributed by atoms with E-state index in [0.29, 0.717) is 17.1 Å². The summed E-state index contributed by atoms with van der Waals surface area (Å²) < 4.78 is 18.7. The van der Waals surface area contributed by atoms with E-state index < -0.39 is 0 Å². The summed E-state index contributed by atoms with van der Waals surface area (Å²) in [6.07, 6.45) is 0. The molecule has 0 unspecified atom stereocenters. The van der Waals surface area contributed by atoms with Crippen molar-refractivity contribution < 1.29 is 9.13 Å². The van der Waals surface area contributed by atoms with Gasteiger partial charge in [-0.05, 0) is 47.5 Å². The summed E-state index contributed by atoms with van der Waals surface area (Å²) in [6.45, 7) is 6.69. The highest BCUT2D eigenvalue weighted by molar-refractivity contribution is 9.10. The molecule has 0 N–H and O–H groups in total. The van der Waals surface area contributed by atoms with E-state index in [-0.39, 0.29) is 5.82 Å². The lowest BCUT2D eigenvalue weighted by molar-refractivity contribution is 0.125. The standard InChI is InChI=1S/C13H19BrFNO/c1-10(2)16(6-7-17-3)9-11-4-5-13(15)12(14)8-11/h4-5,8,10H,6-7,9H2,1-3H3. The maximum absolute atomic E-state index is 13.1. The molecule has 0 aliphatic rings. The van der Waals surface area contributed by atoms with E-state index in [9.17, 15) is 4.39 Å². The summed E-state index contributed by atoms with van der Waals surface area (Å²) in [5.41, 5.74) is 1.10. The van der Waals surface area contributed by atoms with Gasteiger partial charge >= 0.3 is 0 Å². The first kappa shape index (κ1) is 14.6. The van der Waals surface area contributed by atoms with Gasteiger partial charge in [-0.25, -0.2) is 4.39 Å². The third kappa shape index (κ3) is 4.74. The van der Waals surface area contributed by atoms with Gasteiger partial charge in [0, 0.05) is 26.2 Å². The van der Waals surface area contributed by atoms with Crippen LogP contribution in [-0.2, 0) is 11.3 Å². The molecule has 0 radical (unpaired) electrons. The average Bonchev–Trinajstić information content (AvgIpc) is 2.28. The largest absolute Gasteiger partial charge is 0.383 e. The zero-order chi connectivity index (χ0) is 12.8. The van der Waals surface area contributed by atoms with Gasteiger partial charge < -0.3 is 4.74 Å². The Hall–Kier alpha value is -0.450. The first-order valence-electron chi connectivity index (χ1n) is 5.71. The number of methoxy groups -OCH3 is 1. The van der Waals surface area contributed by atoms with Crippen molar-refractivity contribution in [2.45, 2.75) is 26.4 Å². The molecule has 0 aliphatic heterocycles. The highest BCUT2D eigenvalue weighted by atomic mass is 79.9. The van der Waals surface area contributed by atoms with Gasteiger partial charge in [-0.1, -0.05) is 6.07 Å². The highest BCUT2D eigenvalue weighted by Crippen LogP contribution is 2.18. The number of benzene rings is 1. The van der Waals surface area contributed by atoms with Gasteiger partial charge in [0.05, 0.1) is 11.1 Å². The van der Waals surface area contributed by atoms with E-state index in [0.717, 1.165) is 18.7 Å². The topological polar surface area (TPSA) is 12.5 Å².